The summed E-state index contributed by atoms with van der Waals surface area (Å²) in [6, 6.07) is 2.44. The van der Waals surface area contributed by atoms with Crippen molar-refractivity contribution in [3.05, 3.63) is 29.7 Å². The van der Waals surface area contributed by atoms with Crippen LogP contribution in [0.3, 0.4) is 0 Å². The monoisotopic (exact) mass is 258 g/mol. The number of hydrogen-bond donors (Lipinski definition) is 2. The van der Waals surface area contributed by atoms with Crippen molar-refractivity contribution in [1.29, 1.82) is 0 Å². The number of nitrogen functional groups attached to an aromatic ring is 1. The number of nitrogens with two attached hydrogens (primary N) is 1. The Bertz CT molecular complexity index is 562. The lowest BCUT2D eigenvalue weighted by atomic mass is 10.4. The molecule has 0 radical (unpaired) electrons. The fourth-order valence-corrected chi connectivity index (χ4v) is 1.30. The zero-order chi connectivity index (χ0) is 13.3. The Balaban J connectivity index is 2.54. The van der Waals surface area contributed by atoms with Crippen LogP contribution in [-0.4, -0.2) is 19.7 Å². The van der Waals surface area contributed by atoms with Crippen molar-refractivity contribution >= 4 is 5.95 Å². The van der Waals surface area contributed by atoms with Gasteiger partial charge in [-0.3, -0.25) is 5.43 Å². The Morgan fingerprint density at radius 2 is 2.06 bits per heavy atom. The minimum atomic E-state index is -4.58. The number of hydrazine groups is 1. The van der Waals surface area contributed by atoms with Crippen LogP contribution in [0.5, 0.6) is 0 Å². The van der Waals surface area contributed by atoms with Crippen LogP contribution in [0.2, 0.25) is 0 Å². The van der Waals surface area contributed by atoms with Gasteiger partial charge in [0.25, 0.3) is 0 Å². The van der Waals surface area contributed by atoms with Crippen LogP contribution in [0.25, 0.3) is 5.82 Å². The first kappa shape index (κ1) is 12.3. The normalized spacial score (nSPS) is 11.6. The topological polar surface area (TPSA) is 81.7 Å². The molecule has 0 saturated carbocycles. The van der Waals surface area contributed by atoms with Crippen LogP contribution in [0.1, 0.15) is 11.4 Å². The third-order valence-corrected chi connectivity index (χ3v) is 2.09. The average molecular weight is 258 g/mol. The van der Waals surface area contributed by atoms with Crippen molar-refractivity contribution < 1.29 is 13.2 Å². The number of nitrogens with one attached hydrogen (secondary N) is 1. The van der Waals surface area contributed by atoms with Crippen LogP contribution in [0, 0.1) is 6.92 Å². The number of hydrogen-bond acceptors (Lipinski definition) is 5. The molecule has 96 valence electrons. The lowest BCUT2D eigenvalue weighted by Gasteiger charge is -2.09. The Morgan fingerprint density at radius 1 is 1.33 bits per heavy atom. The van der Waals surface area contributed by atoms with Gasteiger partial charge in [0.05, 0.1) is 5.69 Å². The van der Waals surface area contributed by atoms with E-state index in [1.165, 1.54) is 10.9 Å². The lowest BCUT2D eigenvalue weighted by Crippen LogP contribution is -2.17. The van der Waals surface area contributed by atoms with Gasteiger partial charge in [0.2, 0.25) is 5.95 Å². The Hall–Kier alpha value is -2.16. The Morgan fingerprint density at radius 3 is 2.56 bits per heavy atom. The molecular weight excluding hydrogens is 249 g/mol. The molecule has 0 spiro atoms. The molecular formula is C9H9F3N6. The molecule has 0 aromatic carbocycles. The van der Waals surface area contributed by atoms with E-state index in [0.717, 1.165) is 6.07 Å². The van der Waals surface area contributed by atoms with Crippen LogP contribution < -0.4 is 11.3 Å². The number of anilines is 1. The summed E-state index contributed by atoms with van der Waals surface area (Å²) < 4.78 is 39.1. The van der Waals surface area contributed by atoms with Crippen molar-refractivity contribution in [3.63, 3.8) is 0 Å². The molecule has 0 atom stereocenters. The molecule has 0 unspecified atom stereocenters. The Kier molecular flexibility index (Phi) is 2.91. The first-order chi connectivity index (χ1) is 8.40. The van der Waals surface area contributed by atoms with Crippen molar-refractivity contribution in [3.8, 4) is 5.82 Å². The second-order valence-electron chi connectivity index (χ2n) is 3.48. The van der Waals surface area contributed by atoms with Crippen molar-refractivity contribution in [2.75, 3.05) is 5.43 Å². The molecule has 2 aromatic heterocycles. The quantitative estimate of drug-likeness (QED) is 0.626. The van der Waals surface area contributed by atoms with Crippen LogP contribution in [0.4, 0.5) is 19.1 Å². The molecule has 0 aliphatic carbocycles. The summed E-state index contributed by atoms with van der Waals surface area (Å²) in [6.07, 6.45) is -3.08. The van der Waals surface area contributed by atoms with E-state index in [4.69, 9.17) is 5.84 Å². The van der Waals surface area contributed by atoms with Crippen molar-refractivity contribution in [2.45, 2.75) is 13.1 Å². The highest BCUT2D eigenvalue weighted by molar-refractivity contribution is 5.34. The second-order valence-corrected chi connectivity index (χ2v) is 3.48. The third-order valence-electron chi connectivity index (χ3n) is 2.09. The summed E-state index contributed by atoms with van der Waals surface area (Å²) in [5, 5.41) is 3.97. The zero-order valence-corrected chi connectivity index (χ0v) is 9.23. The van der Waals surface area contributed by atoms with Gasteiger partial charge >= 0.3 is 6.18 Å². The molecule has 0 aliphatic rings. The fourth-order valence-electron chi connectivity index (χ4n) is 1.30. The summed E-state index contributed by atoms with van der Waals surface area (Å²) >= 11 is 0. The van der Waals surface area contributed by atoms with Gasteiger partial charge in [-0.15, -0.1) is 0 Å². The molecule has 9 heteroatoms. The van der Waals surface area contributed by atoms with E-state index in [0.29, 0.717) is 5.69 Å². The van der Waals surface area contributed by atoms with Gasteiger partial charge in [-0.2, -0.15) is 23.3 Å². The molecule has 18 heavy (non-hydrogen) atoms. The second kappa shape index (κ2) is 4.26. The molecule has 2 rings (SSSR count). The number of rotatable bonds is 2. The number of aromatic nitrogens is 4. The largest absolute Gasteiger partial charge is 0.433 e. The van der Waals surface area contributed by atoms with E-state index < -0.39 is 11.9 Å². The summed E-state index contributed by atoms with van der Waals surface area (Å²) in [7, 11) is 0. The molecule has 0 saturated heterocycles. The van der Waals surface area contributed by atoms with E-state index in [-0.39, 0.29) is 11.8 Å². The highest BCUT2D eigenvalue weighted by Gasteiger charge is 2.34. The standard InChI is InChI=1S/C9H9F3N6/c1-5-2-3-18(17-5)7-4-6(9(10,11)12)14-8(15-7)16-13/h2-4H,13H2,1H3,(H,14,15,16). The smallest absolute Gasteiger partial charge is 0.292 e. The number of alkyl halides is 3. The molecule has 0 amide bonds. The molecule has 2 heterocycles. The van der Waals surface area contributed by atoms with Crippen LogP contribution in [0.15, 0.2) is 18.3 Å². The summed E-state index contributed by atoms with van der Waals surface area (Å²) in [5.41, 5.74) is 1.56. The minimum Gasteiger partial charge on any atom is -0.292 e. The van der Waals surface area contributed by atoms with Gasteiger partial charge in [-0.1, -0.05) is 0 Å². The van der Waals surface area contributed by atoms with Crippen LogP contribution in [-0.2, 0) is 6.18 Å². The van der Waals surface area contributed by atoms with Crippen LogP contribution >= 0.6 is 0 Å². The highest BCUT2D eigenvalue weighted by Crippen LogP contribution is 2.29. The van der Waals surface area contributed by atoms with Crippen molar-refractivity contribution in [1.82, 2.24) is 19.7 Å². The van der Waals surface area contributed by atoms with Gasteiger partial charge in [-0.25, -0.2) is 15.5 Å². The van der Waals surface area contributed by atoms with Gasteiger partial charge in [-0.05, 0) is 13.0 Å². The van der Waals surface area contributed by atoms with E-state index >= 15 is 0 Å². The molecule has 2 aromatic rings. The molecule has 0 bridgehead atoms. The highest BCUT2D eigenvalue weighted by atomic mass is 19.4. The van der Waals surface area contributed by atoms with Gasteiger partial charge in [0.1, 0.15) is 0 Å². The number of aryl methyl sites for hydroxylation is 1. The first-order valence-corrected chi connectivity index (χ1v) is 4.85. The minimum absolute atomic E-state index is 0.0154. The number of nitrogens with zero attached hydrogens (tertiary/aromatic N) is 4. The van der Waals surface area contributed by atoms with Crippen molar-refractivity contribution in [2.24, 2.45) is 5.84 Å². The number of halogens is 3. The summed E-state index contributed by atoms with van der Waals surface area (Å²) in [4.78, 5) is 7.04. The third kappa shape index (κ3) is 2.40. The zero-order valence-electron chi connectivity index (χ0n) is 9.23. The molecule has 0 fully saturated rings. The van der Waals surface area contributed by atoms with E-state index in [1.54, 1.807) is 13.0 Å². The molecule has 3 N–H and O–H groups in total. The predicted molar refractivity (Wildman–Crippen MR) is 56.7 cm³/mol. The molecule has 6 nitrogen and oxygen atoms in total. The van der Waals surface area contributed by atoms with Gasteiger partial charge in [0, 0.05) is 12.3 Å². The van der Waals surface area contributed by atoms with Gasteiger partial charge in [0.15, 0.2) is 11.5 Å². The maximum atomic E-state index is 12.6. The lowest BCUT2D eigenvalue weighted by molar-refractivity contribution is -0.141. The molecule has 0 aliphatic heterocycles. The first-order valence-electron chi connectivity index (χ1n) is 4.85. The van der Waals surface area contributed by atoms with Gasteiger partial charge < -0.3 is 0 Å². The summed E-state index contributed by atoms with van der Waals surface area (Å²) in [6.45, 7) is 1.71. The van der Waals surface area contributed by atoms with E-state index in [9.17, 15) is 13.2 Å². The predicted octanol–water partition coefficient (Wildman–Crippen LogP) is 1.28. The fraction of sp³-hybridized carbons (Fsp3) is 0.222. The maximum Gasteiger partial charge on any atom is 0.433 e. The maximum absolute atomic E-state index is 12.6. The SMILES string of the molecule is Cc1ccn(-c2cc(C(F)(F)F)nc(NN)n2)n1. The average Bonchev–Trinajstić information content (AvgIpc) is 2.74. The van der Waals surface area contributed by atoms with E-state index in [2.05, 4.69) is 15.1 Å². The summed E-state index contributed by atoms with van der Waals surface area (Å²) in [5.74, 6) is 4.70. The van der Waals surface area contributed by atoms with E-state index in [1.807, 2.05) is 5.43 Å². The Labute approximate surface area is 99.6 Å².